The molecule has 0 aromatic heterocycles. The highest BCUT2D eigenvalue weighted by atomic mass is 16.5. The van der Waals surface area contributed by atoms with Gasteiger partial charge in [-0.2, -0.15) is 0 Å². The Hall–Kier alpha value is -3.59. The predicted octanol–water partition coefficient (Wildman–Crippen LogP) is 0.581. The van der Waals surface area contributed by atoms with E-state index >= 15 is 0 Å². The molecule has 0 aliphatic rings. The minimum Gasteiger partial charge on any atom is -0.508 e. The number of rotatable bonds is 9. The zero-order valence-electron chi connectivity index (χ0n) is 16.4. The van der Waals surface area contributed by atoms with Crippen molar-refractivity contribution in [3.8, 4) is 5.75 Å². The number of nitrogens with one attached hydrogen (secondary N) is 2. The van der Waals surface area contributed by atoms with E-state index in [2.05, 4.69) is 10.6 Å². The summed E-state index contributed by atoms with van der Waals surface area (Å²) in [5.41, 5.74) is 6.63. The van der Waals surface area contributed by atoms with Crippen LogP contribution >= 0.6 is 0 Å². The van der Waals surface area contributed by atoms with Crippen LogP contribution < -0.4 is 16.4 Å². The van der Waals surface area contributed by atoms with Gasteiger partial charge >= 0.3 is 6.09 Å². The van der Waals surface area contributed by atoms with Crippen molar-refractivity contribution in [1.29, 1.82) is 0 Å². The van der Waals surface area contributed by atoms with Crippen molar-refractivity contribution in [1.82, 2.24) is 10.6 Å². The van der Waals surface area contributed by atoms with E-state index in [1.807, 2.05) is 6.07 Å². The maximum atomic E-state index is 12.7. The molecule has 0 saturated carbocycles. The van der Waals surface area contributed by atoms with Crippen LogP contribution in [0.3, 0.4) is 0 Å². The SMILES string of the molecule is CC(O)[C@H](NC(=O)C(Cc1ccc(O)cc1)NC(=O)OCc1ccccc1)C(N)=O. The van der Waals surface area contributed by atoms with Crippen molar-refractivity contribution in [2.75, 3.05) is 0 Å². The summed E-state index contributed by atoms with van der Waals surface area (Å²) < 4.78 is 5.15. The number of alkyl carbamates (subject to hydrolysis) is 1. The second kappa shape index (κ2) is 10.8. The van der Waals surface area contributed by atoms with E-state index in [9.17, 15) is 24.6 Å². The lowest BCUT2D eigenvalue weighted by molar-refractivity contribution is -0.130. The average Bonchev–Trinajstić information content (AvgIpc) is 2.71. The fourth-order valence-electron chi connectivity index (χ4n) is 2.67. The summed E-state index contributed by atoms with van der Waals surface area (Å²) in [6.45, 7) is 1.32. The molecule has 160 valence electrons. The lowest BCUT2D eigenvalue weighted by atomic mass is 10.0. The minimum absolute atomic E-state index is 0.0117. The number of nitrogens with two attached hydrogens (primary N) is 1. The van der Waals surface area contributed by atoms with Crippen molar-refractivity contribution >= 4 is 17.9 Å². The van der Waals surface area contributed by atoms with Crippen LogP contribution in [0.5, 0.6) is 5.75 Å². The van der Waals surface area contributed by atoms with E-state index in [-0.39, 0.29) is 18.8 Å². The highest BCUT2D eigenvalue weighted by Gasteiger charge is 2.29. The number of aliphatic hydroxyl groups is 1. The number of hydrogen-bond acceptors (Lipinski definition) is 6. The number of primary amides is 1. The molecule has 0 aliphatic heterocycles. The van der Waals surface area contributed by atoms with Gasteiger partial charge in [0, 0.05) is 6.42 Å². The fourth-order valence-corrected chi connectivity index (χ4v) is 2.67. The van der Waals surface area contributed by atoms with E-state index in [1.54, 1.807) is 36.4 Å². The number of aliphatic hydroxyl groups excluding tert-OH is 1. The van der Waals surface area contributed by atoms with Gasteiger partial charge in [0.25, 0.3) is 0 Å². The van der Waals surface area contributed by atoms with Gasteiger partial charge in [0.05, 0.1) is 6.10 Å². The van der Waals surface area contributed by atoms with Gasteiger partial charge in [0.15, 0.2) is 0 Å². The lowest BCUT2D eigenvalue weighted by Crippen LogP contribution is -2.56. The van der Waals surface area contributed by atoms with Crippen LogP contribution in [0.2, 0.25) is 0 Å². The quantitative estimate of drug-likeness (QED) is 0.404. The molecule has 3 amide bonds. The molecule has 9 heteroatoms. The Morgan fingerprint density at radius 3 is 2.20 bits per heavy atom. The number of carbonyl (C=O) groups is 3. The second-order valence-electron chi connectivity index (χ2n) is 6.76. The second-order valence-corrected chi connectivity index (χ2v) is 6.76. The maximum Gasteiger partial charge on any atom is 0.408 e. The normalized spacial score (nSPS) is 13.5. The van der Waals surface area contributed by atoms with Crippen LogP contribution in [-0.2, 0) is 27.4 Å². The molecule has 0 bridgehead atoms. The van der Waals surface area contributed by atoms with Crippen LogP contribution in [0.15, 0.2) is 54.6 Å². The van der Waals surface area contributed by atoms with Crippen LogP contribution in [0, 0.1) is 0 Å². The first-order valence-corrected chi connectivity index (χ1v) is 9.29. The summed E-state index contributed by atoms with van der Waals surface area (Å²) in [6, 6.07) is 12.6. The minimum atomic E-state index is -1.32. The number of hydrogen-bond donors (Lipinski definition) is 5. The molecule has 2 aromatic rings. The van der Waals surface area contributed by atoms with Gasteiger partial charge in [-0.05, 0) is 30.2 Å². The Morgan fingerprint density at radius 2 is 1.63 bits per heavy atom. The molecule has 0 aliphatic carbocycles. The molecule has 2 rings (SSSR count). The fraction of sp³-hybridized carbons (Fsp3) is 0.286. The molecular weight excluding hydrogens is 390 g/mol. The number of aromatic hydroxyl groups is 1. The van der Waals surface area contributed by atoms with Gasteiger partial charge in [0.2, 0.25) is 11.8 Å². The summed E-state index contributed by atoms with van der Waals surface area (Å²) in [7, 11) is 0. The molecule has 0 radical (unpaired) electrons. The first-order valence-electron chi connectivity index (χ1n) is 9.29. The van der Waals surface area contributed by atoms with Crippen molar-refractivity contribution in [3.63, 3.8) is 0 Å². The smallest absolute Gasteiger partial charge is 0.408 e. The lowest BCUT2D eigenvalue weighted by Gasteiger charge is -2.23. The molecule has 3 atom stereocenters. The number of phenolic OH excluding ortho intramolecular Hbond substituents is 1. The number of amides is 3. The third-order valence-corrected chi connectivity index (χ3v) is 4.28. The van der Waals surface area contributed by atoms with Gasteiger partial charge in [-0.1, -0.05) is 42.5 Å². The molecule has 0 saturated heterocycles. The van der Waals surface area contributed by atoms with E-state index in [1.165, 1.54) is 19.1 Å². The summed E-state index contributed by atoms with van der Waals surface area (Å²) in [5, 5.41) is 23.9. The summed E-state index contributed by atoms with van der Waals surface area (Å²) >= 11 is 0. The van der Waals surface area contributed by atoms with E-state index in [0.29, 0.717) is 5.56 Å². The summed E-state index contributed by atoms with van der Waals surface area (Å²) in [4.78, 5) is 36.4. The molecule has 2 aromatic carbocycles. The zero-order valence-corrected chi connectivity index (χ0v) is 16.4. The molecule has 0 fully saturated rings. The number of carbonyl (C=O) groups excluding carboxylic acids is 3. The van der Waals surface area contributed by atoms with Crippen molar-refractivity contribution in [3.05, 3.63) is 65.7 Å². The maximum absolute atomic E-state index is 12.7. The monoisotopic (exact) mass is 415 g/mol. The Balaban J connectivity index is 2.09. The Labute approximate surface area is 173 Å². The van der Waals surface area contributed by atoms with Crippen LogP contribution in [0.1, 0.15) is 18.1 Å². The number of phenols is 1. The highest BCUT2D eigenvalue weighted by Crippen LogP contribution is 2.12. The van der Waals surface area contributed by atoms with Gasteiger partial charge in [-0.25, -0.2) is 4.79 Å². The predicted molar refractivity (Wildman–Crippen MR) is 108 cm³/mol. The van der Waals surface area contributed by atoms with Crippen molar-refractivity contribution < 1.29 is 29.3 Å². The molecule has 6 N–H and O–H groups in total. The molecule has 2 unspecified atom stereocenters. The van der Waals surface area contributed by atoms with E-state index in [0.717, 1.165) is 5.56 Å². The van der Waals surface area contributed by atoms with Gasteiger partial charge in [0.1, 0.15) is 24.4 Å². The number of benzene rings is 2. The van der Waals surface area contributed by atoms with Crippen molar-refractivity contribution in [2.45, 2.75) is 38.1 Å². The van der Waals surface area contributed by atoms with Crippen LogP contribution in [0.4, 0.5) is 4.79 Å². The Kier molecular flexibility index (Phi) is 8.18. The number of ether oxygens (including phenoxy) is 1. The highest BCUT2D eigenvalue weighted by molar-refractivity contribution is 5.91. The molecular formula is C21H25N3O6. The van der Waals surface area contributed by atoms with Gasteiger partial charge in [-0.15, -0.1) is 0 Å². The van der Waals surface area contributed by atoms with E-state index < -0.39 is 36.1 Å². The third kappa shape index (κ3) is 7.10. The van der Waals surface area contributed by atoms with Gasteiger partial charge < -0.3 is 31.3 Å². The molecule has 30 heavy (non-hydrogen) atoms. The Morgan fingerprint density at radius 1 is 1.00 bits per heavy atom. The zero-order chi connectivity index (χ0) is 22.1. The largest absolute Gasteiger partial charge is 0.508 e. The molecule has 9 nitrogen and oxygen atoms in total. The van der Waals surface area contributed by atoms with Crippen LogP contribution in [-0.4, -0.2) is 46.3 Å². The average molecular weight is 415 g/mol. The standard InChI is InChI=1S/C21H25N3O6/c1-13(25)18(19(22)27)24-20(28)17(11-14-7-9-16(26)10-8-14)23-21(29)30-12-15-5-3-2-4-6-15/h2-10,13,17-18,25-26H,11-12H2,1H3,(H2,22,27)(H,23,29)(H,24,28)/t13?,17?,18-/m0/s1. The van der Waals surface area contributed by atoms with Crippen LogP contribution in [0.25, 0.3) is 0 Å². The molecule has 0 spiro atoms. The summed E-state index contributed by atoms with van der Waals surface area (Å²) in [6.07, 6.45) is -1.99. The Bertz CT molecular complexity index is 855. The summed E-state index contributed by atoms with van der Waals surface area (Å²) in [5.74, 6) is -1.57. The third-order valence-electron chi connectivity index (χ3n) is 4.28. The van der Waals surface area contributed by atoms with E-state index in [4.69, 9.17) is 10.5 Å². The first kappa shape index (κ1) is 22.7. The topological polar surface area (TPSA) is 151 Å². The van der Waals surface area contributed by atoms with Crippen molar-refractivity contribution in [2.24, 2.45) is 5.73 Å². The molecule has 0 heterocycles. The van der Waals surface area contributed by atoms with Gasteiger partial charge in [-0.3, -0.25) is 9.59 Å². The first-order chi connectivity index (χ1) is 14.3.